The zero-order valence-electron chi connectivity index (χ0n) is 20.0. The summed E-state index contributed by atoms with van der Waals surface area (Å²) in [4.78, 5) is 23.2. The van der Waals surface area contributed by atoms with Crippen LogP contribution in [0.25, 0.3) is 0 Å². The molecule has 0 saturated carbocycles. The van der Waals surface area contributed by atoms with Gasteiger partial charge < -0.3 is 25.2 Å². The van der Waals surface area contributed by atoms with E-state index in [0.717, 1.165) is 22.8 Å². The van der Waals surface area contributed by atoms with Gasteiger partial charge in [0.25, 0.3) is 5.91 Å². The number of aryl methyl sites for hydroxylation is 1. The Morgan fingerprint density at radius 2 is 1.83 bits per heavy atom. The number of halogens is 1. The van der Waals surface area contributed by atoms with Crippen molar-refractivity contribution in [2.24, 2.45) is 5.14 Å². The number of primary sulfonamides is 1. The first-order chi connectivity index (χ1) is 16.3. The molecular formula is C23H30ClN3O7S. The fourth-order valence-electron chi connectivity index (χ4n) is 3.21. The number of amides is 1. The van der Waals surface area contributed by atoms with Crippen LogP contribution in [0.4, 0.5) is 0 Å². The van der Waals surface area contributed by atoms with Crippen LogP contribution in [0.5, 0.6) is 11.5 Å². The van der Waals surface area contributed by atoms with Crippen LogP contribution in [0.2, 0.25) is 5.02 Å². The van der Waals surface area contributed by atoms with Gasteiger partial charge in [0.2, 0.25) is 10.0 Å². The fraction of sp³-hybridized carbons (Fsp3) is 0.391. The SMILES string of the molecule is CC(=O)Oc1c(C)cc(OC[C@H](O)CNCCNC(=O)c2ccc(Cl)c(S(N)(=O)=O)c2)c(C)c1C. The zero-order valence-corrected chi connectivity index (χ0v) is 21.5. The lowest BCUT2D eigenvalue weighted by Crippen LogP contribution is -2.37. The van der Waals surface area contributed by atoms with Crippen LogP contribution in [0.3, 0.4) is 0 Å². The van der Waals surface area contributed by atoms with Crippen molar-refractivity contribution >= 4 is 33.5 Å². The van der Waals surface area contributed by atoms with Crippen molar-refractivity contribution < 1.29 is 32.6 Å². The molecule has 5 N–H and O–H groups in total. The second kappa shape index (κ2) is 12.3. The van der Waals surface area contributed by atoms with Gasteiger partial charge in [-0.05, 0) is 61.7 Å². The number of benzene rings is 2. The van der Waals surface area contributed by atoms with Crippen molar-refractivity contribution in [2.75, 3.05) is 26.2 Å². The molecule has 0 saturated heterocycles. The highest BCUT2D eigenvalue weighted by atomic mass is 35.5. The summed E-state index contributed by atoms with van der Waals surface area (Å²) in [5, 5.41) is 20.9. The van der Waals surface area contributed by atoms with E-state index in [4.69, 9.17) is 26.2 Å². The summed E-state index contributed by atoms with van der Waals surface area (Å²) in [7, 11) is -4.05. The highest BCUT2D eigenvalue weighted by molar-refractivity contribution is 7.89. The highest BCUT2D eigenvalue weighted by Gasteiger charge is 2.17. The van der Waals surface area contributed by atoms with Gasteiger partial charge in [0.05, 0.1) is 5.02 Å². The molecule has 10 nitrogen and oxygen atoms in total. The summed E-state index contributed by atoms with van der Waals surface area (Å²) in [6.07, 6.45) is -0.813. The third kappa shape index (κ3) is 8.18. The third-order valence-corrected chi connectivity index (χ3v) is 6.52. The first-order valence-electron chi connectivity index (χ1n) is 10.7. The molecule has 0 heterocycles. The first-order valence-corrected chi connectivity index (χ1v) is 12.6. The van der Waals surface area contributed by atoms with E-state index in [9.17, 15) is 23.1 Å². The van der Waals surface area contributed by atoms with Crippen LogP contribution in [0.15, 0.2) is 29.2 Å². The van der Waals surface area contributed by atoms with E-state index in [-0.39, 0.29) is 35.2 Å². The molecule has 2 rings (SSSR count). The summed E-state index contributed by atoms with van der Waals surface area (Å²) in [6.45, 7) is 7.67. The Bertz CT molecular complexity index is 1200. The van der Waals surface area contributed by atoms with Gasteiger partial charge in [-0.3, -0.25) is 9.59 Å². The number of nitrogens with two attached hydrogens (primary N) is 1. The standard InChI is InChI=1S/C23H30ClN3O7S/c1-13-9-20(14(2)15(3)22(13)34-16(4)28)33-12-18(29)11-26-7-8-27-23(30)17-5-6-19(24)21(10-17)35(25,31)32/h5-6,9-10,18,26,29H,7-8,11-12H2,1-4H3,(H,27,30)(H2,25,31,32)/t18-/m1/s1. The molecule has 12 heteroatoms. The van der Waals surface area contributed by atoms with Gasteiger partial charge in [-0.25, -0.2) is 13.6 Å². The normalized spacial score (nSPS) is 12.2. The third-order valence-electron chi connectivity index (χ3n) is 5.12. The van der Waals surface area contributed by atoms with E-state index in [0.29, 0.717) is 18.0 Å². The molecule has 1 atom stereocenters. The number of aliphatic hydroxyl groups is 1. The molecule has 192 valence electrons. The van der Waals surface area contributed by atoms with E-state index in [1.54, 1.807) is 6.07 Å². The van der Waals surface area contributed by atoms with Gasteiger partial charge in [0.15, 0.2) is 0 Å². The quantitative estimate of drug-likeness (QED) is 0.195. The number of esters is 1. The lowest BCUT2D eigenvalue weighted by molar-refractivity contribution is -0.132. The predicted molar refractivity (Wildman–Crippen MR) is 131 cm³/mol. The van der Waals surface area contributed by atoms with E-state index in [1.807, 2.05) is 20.8 Å². The second-order valence-corrected chi connectivity index (χ2v) is 9.92. The molecule has 0 radical (unpaired) electrons. The van der Waals surface area contributed by atoms with Crippen LogP contribution >= 0.6 is 11.6 Å². The maximum absolute atomic E-state index is 12.2. The maximum atomic E-state index is 12.2. The number of nitrogens with one attached hydrogen (secondary N) is 2. The van der Waals surface area contributed by atoms with Crippen molar-refractivity contribution in [1.29, 1.82) is 0 Å². The summed E-state index contributed by atoms with van der Waals surface area (Å²) in [6, 6.07) is 5.56. The van der Waals surface area contributed by atoms with Gasteiger partial charge in [-0.1, -0.05) is 11.6 Å². The van der Waals surface area contributed by atoms with Gasteiger partial charge in [-0.15, -0.1) is 0 Å². The van der Waals surface area contributed by atoms with Crippen LogP contribution in [0, 0.1) is 20.8 Å². The Morgan fingerprint density at radius 3 is 2.46 bits per heavy atom. The molecule has 1 amide bonds. The van der Waals surface area contributed by atoms with Crippen LogP contribution in [-0.2, 0) is 14.8 Å². The average Bonchev–Trinajstić information content (AvgIpc) is 2.77. The van der Waals surface area contributed by atoms with Gasteiger partial charge in [0.1, 0.15) is 29.1 Å². The molecule has 0 unspecified atom stereocenters. The second-order valence-electron chi connectivity index (χ2n) is 7.98. The van der Waals surface area contributed by atoms with Gasteiger partial charge in [-0.2, -0.15) is 0 Å². The largest absolute Gasteiger partial charge is 0.491 e. The average molecular weight is 528 g/mol. The summed E-state index contributed by atoms with van der Waals surface area (Å²) < 4.78 is 34.1. The highest BCUT2D eigenvalue weighted by Crippen LogP contribution is 2.33. The Morgan fingerprint density at radius 1 is 1.14 bits per heavy atom. The number of rotatable bonds is 11. The van der Waals surface area contributed by atoms with Gasteiger partial charge >= 0.3 is 5.97 Å². The van der Waals surface area contributed by atoms with Crippen LogP contribution < -0.4 is 25.2 Å². The molecule has 0 aliphatic carbocycles. The Hall–Kier alpha value is -2.70. The molecule has 0 fully saturated rings. The smallest absolute Gasteiger partial charge is 0.308 e. The molecule has 0 spiro atoms. The first kappa shape index (κ1) is 28.5. The van der Waals surface area contributed by atoms with Crippen molar-refractivity contribution in [3.63, 3.8) is 0 Å². The monoisotopic (exact) mass is 527 g/mol. The molecule has 35 heavy (non-hydrogen) atoms. The number of aliphatic hydroxyl groups excluding tert-OH is 1. The number of carbonyl (C=O) groups is 2. The summed E-state index contributed by atoms with van der Waals surface area (Å²) in [5.41, 5.74) is 2.45. The predicted octanol–water partition coefficient (Wildman–Crippen LogP) is 1.60. The Labute approximate surface area is 209 Å². The van der Waals surface area contributed by atoms with Crippen molar-refractivity contribution in [3.05, 3.63) is 51.5 Å². The molecule has 0 aliphatic rings. The van der Waals surface area contributed by atoms with Crippen LogP contribution in [-0.4, -0.2) is 57.7 Å². The molecule has 2 aromatic carbocycles. The number of ether oxygens (including phenoxy) is 2. The van der Waals surface area contributed by atoms with Crippen molar-refractivity contribution in [3.8, 4) is 11.5 Å². The lowest BCUT2D eigenvalue weighted by atomic mass is 10.0. The molecule has 0 aliphatic heterocycles. The number of hydrogen-bond acceptors (Lipinski definition) is 8. The number of hydrogen-bond donors (Lipinski definition) is 4. The summed E-state index contributed by atoms with van der Waals surface area (Å²) >= 11 is 5.82. The number of carbonyl (C=O) groups excluding carboxylic acids is 2. The lowest BCUT2D eigenvalue weighted by Gasteiger charge is -2.18. The molecule has 0 bridgehead atoms. The Balaban J connectivity index is 1.79. The summed E-state index contributed by atoms with van der Waals surface area (Å²) in [5.74, 6) is 0.203. The minimum atomic E-state index is -4.05. The van der Waals surface area contributed by atoms with E-state index in [1.165, 1.54) is 19.1 Å². The van der Waals surface area contributed by atoms with Gasteiger partial charge in [0, 0.05) is 32.1 Å². The maximum Gasteiger partial charge on any atom is 0.308 e. The topological polar surface area (TPSA) is 157 Å². The molecular weight excluding hydrogens is 498 g/mol. The zero-order chi connectivity index (χ0) is 26.3. The Kier molecular flexibility index (Phi) is 10.0. The van der Waals surface area contributed by atoms with Crippen molar-refractivity contribution in [2.45, 2.75) is 38.7 Å². The van der Waals surface area contributed by atoms with E-state index < -0.39 is 28.0 Å². The van der Waals surface area contributed by atoms with Crippen LogP contribution in [0.1, 0.15) is 34.0 Å². The van der Waals surface area contributed by atoms with E-state index in [2.05, 4.69) is 10.6 Å². The van der Waals surface area contributed by atoms with E-state index >= 15 is 0 Å². The minimum Gasteiger partial charge on any atom is -0.491 e. The van der Waals surface area contributed by atoms with Crippen molar-refractivity contribution in [1.82, 2.24) is 10.6 Å². The molecule has 2 aromatic rings. The molecule has 0 aromatic heterocycles. The number of sulfonamides is 1. The minimum absolute atomic E-state index is 0.0348. The fourth-order valence-corrected chi connectivity index (χ4v) is 4.29.